The summed E-state index contributed by atoms with van der Waals surface area (Å²) in [7, 11) is 0. The van der Waals surface area contributed by atoms with Crippen LogP contribution < -0.4 is 0 Å². The van der Waals surface area contributed by atoms with Gasteiger partial charge in [-0.3, -0.25) is 29.0 Å². The van der Waals surface area contributed by atoms with Crippen LogP contribution in [0.4, 0.5) is 0 Å². The van der Waals surface area contributed by atoms with Gasteiger partial charge in [0, 0.05) is 0 Å². The number of fused-ring (bicyclic) bond motifs is 2. The molecule has 172 valence electrons. The van der Waals surface area contributed by atoms with Crippen LogP contribution in [0.5, 0.6) is 0 Å². The van der Waals surface area contributed by atoms with E-state index in [1.807, 2.05) is 6.92 Å². The molecule has 3 atom stereocenters. The average Bonchev–Trinajstić information content (AvgIpc) is 3.21. The average molecular weight is 450 g/mol. The first-order chi connectivity index (χ1) is 15.8. The highest BCUT2D eigenvalue weighted by atomic mass is 16.5. The molecule has 2 aromatic carbocycles. The normalized spacial score (nSPS) is 17.9. The molecule has 4 rings (SSSR count). The maximum absolute atomic E-state index is 12.6. The van der Waals surface area contributed by atoms with Crippen molar-refractivity contribution in [1.29, 1.82) is 0 Å². The summed E-state index contributed by atoms with van der Waals surface area (Å²) in [6.45, 7) is 5.92. The van der Waals surface area contributed by atoms with Crippen LogP contribution in [-0.2, 0) is 9.47 Å². The molecule has 0 aromatic heterocycles. The van der Waals surface area contributed by atoms with Gasteiger partial charge in [0.1, 0.15) is 0 Å². The van der Waals surface area contributed by atoms with Crippen molar-refractivity contribution in [2.45, 2.75) is 39.0 Å². The molecule has 0 radical (unpaired) electrons. The molecule has 4 amide bonds. The Balaban J connectivity index is 1.24. The largest absolute Gasteiger partial charge is 0.374 e. The summed E-state index contributed by atoms with van der Waals surface area (Å²) in [5, 5.41) is 0. The third-order valence-electron chi connectivity index (χ3n) is 5.82. The maximum Gasteiger partial charge on any atom is 0.261 e. The van der Waals surface area contributed by atoms with E-state index >= 15 is 0 Å². The lowest BCUT2D eigenvalue weighted by Crippen LogP contribution is -2.42. The number of benzene rings is 2. The topological polar surface area (TPSA) is 93.2 Å². The lowest BCUT2D eigenvalue weighted by Gasteiger charge is -2.25. The van der Waals surface area contributed by atoms with Gasteiger partial charge in [-0.1, -0.05) is 24.3 Å². The van der Waals surface area contributed by atoms with E-state index in [0.29, 0.717) is 22.3 Å². The first kappa shape index (κ1) is 22.8. The van der Waals surface area contributed by atoms with Gasteiger partial charge in [-0.25, -0.2) is 0 Å². The summed E-state index contributed by atoms with van der Waals surface area (Å²) < 4.78 is 11.6. The highest BCUT2D eigenvalue weighted by molar-refractivity contribution is 6.22. The SMILES string of the molecule is CC(COC(C)CN1C(=O)c2ccccc2C1=O)OCC(C)N1C(=O)c2ccccc2C1=O. The molecule has 0 bridgehead atoms. The standard InChI is InChI=1S/C25H26N2O6/c1-15(27-24(30)20-10-6-7-11-21(20)25(27)31)13-32-17(3)14-33-16(2)12-26-22(28)18-8-4-5-9-19(18)23(26)29/h4-11,15-17H,12-14H2,1-3H3. The molecule has 8 nitrogen and oxygen atoms in total. The van der Waals surface area contributed by atoms with Crippen LogP contribution in [0, 0.1) is 0 Å². The highest BCUT2D eigenvalue weighted by Gasteiger charge is 2.38. The second-order valence-corrected chi connectivity index (χ2v) is 8.43. The van der Waals surface area contributed by atoms with Gasteiger partial charge in [0.2, 0.25) is 0 Å². The van der Waals surface area contributed by atoms with E-state index in [9.17, 15) is 19.2 Å². The molecule has 2 heterocycles. The Labute approximate surface area is 192 Å². The molecular weight excluding hydrogens is 424 g/mol. The minimum absolute atomic E-state index is 0.143. The fourth-order valence-corrected chi connectivity index (χ4v) is 4.05. The van der Waals surface area contributed by atoms with Crippen molar-refractivity contribution in [2.75, 3.05) is 19.8 Å². The van der Waals surface area contributed by atoms with Crippen molar-refractivity contribution in [3.63, 3.8) is 0 Å². The van der Waals surface area contributed by atoms with Gasteiger partial charge in [0.05, 0.1) is 60.3 Å². The molecule has 33 heavy (non-hydrogen) atoms. The first-order valence-electron chi connectivity index (χ1n) is 10.9. The summed E-state index contributed by atoms with van der Waals surface area (Å²) in [6.07, 6.45) is -0.695. The number of carbonyl (C=O) groups is 4. The predicted molar refractivity (Wildman–Crippen MR) is 119 cm³/mol. The number of ether oxygens (including phenoxy) is 2. The van der Waals surface area contributed by atoms with E-state index in [-0.39, 0.29) is 55.6 Å². The zero-order valence-corrected chi connectivity index (χ0v) is 18.8. The van der Waals surface area contributed by atoms with E-state index in [1.165, 1.54) is 9.80 Å². The Bertz CT molecular complexity index is 1040. The van der Waals surface area contributed by atoms with Crippen molar-refractivity contribution < 1.29 is 28.7 Å². The van der Waals surface area contributed by atoms with Crippen LogP contribution in [0.3, 0.4) is 0 Å². The number of hydrogen-bond donors (Lipinski definition) is 0. The van der Waals surface area contributed by atoms with Gasteiger partial charge in [0.25, 0.3) is 23.6 Å². The minimum Gasteiger partial charge on any atom is -0.374 e. The smallest absolute Gasteiger partial charge is 0.261 e. The molecule has 0 spiro atoms. The Morgan fingerprint density at radius 1 is 0.636 bits per heavy atom. The Morgan fingerprint density at radius 2 is 1.06 bits per heavy atom. The van der Waals surface area contributed by atoms with Crippen LogP contribution in [0.2, 0.25) is 0 Å². The Kier molecular flexibility index (Phi) is 6.40. The van der Waals surface area contributed by atoms with Crippen LogP contribution in [0.1, 0.15) is 62.2 Å². The van der Waals surface area contributed by atoms with Crippen molar-refractivity contribution >= 4 is 23.6 Å². The third-order valence-corrected chi connectivity index (χ3v) is 5.82. The lowest BCUT2D eigenvalue weighted by atomic mass is 10.1. The van der Waals surface area contributed by atoms with E-state index in [1.54, 1.807) is 62.4 Å². The van der Waals surface area contributed by atoms with Gasteiger partial charge in [0.15, 0.2) is 0 Å². The monoisotopic (exact) mass is 450 g/mol. The molecule has 2 aromatic rings. The zero-order chi connectivity index (χ0) is 23.7. The van der Waals surface area contributed by atoms with Gasteiger partial charge in [-0.2, -0.15) is 0 Å². The molecule has 0 fully saturated rings. The van der Waals surface area contributed by atoms with Gasteiger partial charge < -0.3 is 9.47 Å². The van der Waals surface area contributed by atoms with E-state index in [2.05, 4.69) is 0 Å². The summed E-state index contributed by atoms with van der Waals surface area (Å²) in [5.41, 5.74) is 1.64. The highest BCUT2D eigenvalue weighted by Crippen LogP contribution is 2.25. The number of nitrogens with zero attached hydrogens (tertiary/aromatic N) is 2. The molecule has 2 aliphatic heterocycles. The molecule has 3 unspecified atom stereocenters. The van der Waals surface area contributed by atoms with Crippen molar-refractivity contribution in [1.82, 2.24) is 9.80 Å². The zero-order valence-electron chi connectivity index (χ0n) is 18.8. The first-order valence-corrected chi connectivity index (χ1v) is 10.9. The molecule has 0 saturated heterocycles. The van der Waals surface area contributed by atoms with E-state index < -0.39 is 6.04 Å². The third kappa shape index (κ3) is 4.31. The van der Waals surface area contributed by atoms with Crippen LogP contribution >= 0.6 is 0 Å². The van der Waals surface area contributed by atoms with Crippen molar-refractivity contribution in [3.8, 4) is 0 Å². The summed E-state index contributed by atoms with van der Waals surface area (Å²) in [6, 6.07) is 13.1. The number of carbonyl (C=O) groups excluding carboxylic acids is 4. The minimum atomic E-state index is -0.435. The van der Waals surface area contributed by atoms with Crippen molar-refractivity contribution in [2.24, 2.45) is 0 Å². The van der Waals surface area contributed by atoms with Crippen LogP contribution in [0.15, 0.2) is 48.5 Å². The van der Waals surface area contributed by atoms with Crippen molar-refractivity contribution in [3.05, 3.63) is 70.8 Å². The molecular formula is C25H26N2O6. The predicted octanol–water partition coefficient (Wildman–Crippen LogP) is 2.78. The van der Waals surface area contributed by atoms with E-state index in [4.69, 9.17) is 9.47 Å². The Morgan fingerprint density at radius 3 is 1.55 bits per heavy atom. The van der Waals surface area contributed by atoms with Crippen LogP contribution in [0.25, 0.3) is 0 Å². The van der Waals surface area contributed by atoms with Crippen LogP contribution in [-0.4, -0.2) is 71.4 Å². The summed E-state index contributed by atoms with van der Waals surface area (Å²) in [4.78, 5) is 52.5. The number of imide groups is 2. The second kappa shape index (κ2) is 9.25. The second-order valence-electron chi connectivity index (χ2n) is 8.43. The fourth-order valence-electron chi connectivity index (χ4n) is 4.05. The van der Waals surface area contributed by atoms with Gasteiger partial charge in [-0.15, -0.1) is 0 Å². The summed E-state index contributed by atoms with van der Waals surface area (Å²) >= 11 is 0. The molecule has 0 aliphatic carbocycles. The summed E-state index contributed by atoms with van der Waals surface area (Å²) in [5.74, 6) is -1.26. The molecule has 2 aliphatic rings. The number of hydrogen-bond acceptors (Lipinski definition) is 6. The van der Waals surface area contributed by atoms with E-state index in [0.717, 1.165) is 0 Å². The quantitative estimate of drug-likeness (QED) is 0.546. The molecule has 0 saturated carbocycles. The van der Waals surface area contributed by atoms with Gasteiger partial charge >= 0.3 is 0 Å². The number of rotatable bonds is 9. The lowest BCUT2D eigenvalue weighted by molar-refractivity contribution is -0.0453. The number of amides is 4. The molecule has 8 heteroatoms. The maximum atomic E-state index is 12.6. The van der Waals surface area contributed by atoms with Gasteiger partial charge in [-0.05, 0) is 45.0 Å². The Hall–Kier alpha value is -3.36. The fraction of sp³-hybridized carbons (Fsp3) is 0.360. The molecule has 0 N–H and O–H groups in total.